The highest BCUT2D eigenvalue weighted by molar-refractivity contribution is 5.92. The number of pyridine rings is 1. The molecule has 5 nitrogen and oxygen atoms in total. The van der Waals surface area contributed by atoms with E-state index >= 15 is 0 Å². The zero-order valence-corrected chi connectivity index (χ0v) is 10.3. The Kier molecular flexibility index (Phi) is 3.62. The minimum absolute atomic E-state index is 0.0872. The molecular formula is C13H14N4O. The number of hydrogen-bond acceptors (Lipinski definition) is 4. The van der Waals surface area contributed by atoms with Gasteiger partial charge >= 0.3 is 0 Å². The van der Waals surface area contributed by atoms with Crippen LogP contribution in [0.4, 0.5) is 0 Å². The molecule has 2 heterocycles. The number of carbonyl (C=O) groups is 1. The van der Waals surface area contributed by atoms with Crippen LogP contribution in [-0.2, 0) is 0 Å². The molecule has 2 rings (SSSR count). The lowest BCUT2D eigenvalue weighted by molar-refractivity contribution is 0.0934. The second kappa shape index (κ2) is 5.35. The quantitative estimate of drug-likeness (QED) is 0.889. The van der Waals surface area contributed by atoms with Gasteiger partial charge in [-0.1, -0.05) is 0 Å². The maximum absolute atomic E-state index is 12.0. The van der Waals surface area contributed by atoms with Crippen molar-refractivity contribution >= 4 is 5.91 Å². The van der Waals surface area contributed by atoms with Gasteiger partial charge in [0.1, 0.15) is 12.0 Å². The Morgan fingerprint density at radius 3 is 2.67 bits per heavy atom. The summed E-state index contributed by atoms with van der Waals surface area (Å²) in [7, 11) is 0. The molecule has 0 saturated carbocycles. The lowest BCUT2D eigenvalue weighted by Crippen LogP contribution is -2.27. The molecule has 2 aromatic heterocycles. The summed E-state index contributed by atoms with van der Waals surface area (Å²) < 4.78 is 0. The summed E-state index contributed by atoms with van der Waals surface area (Å²) in [6.45, 7) is 3.74. The van der Waals surface area contributed by atoms with Crippen molar-refractivity contribution in [3.05, 3.63) is 53.9 Å². The number of hydrogen-bond donors (Lipinski definition) is 1. The van der Waals surface area contributed by atoms with E-state index in [4.69, 9.17) is 0 Å². The third-order valence-electron chi connectivity index (χ3n) is 2.59. The van der Waals surface area contributed by atoms with Gasteiger partial charge in [-0.15, -0.1) is 0 Å². The zero-order valence-electron chi connectivity index (χ0n) is 10.3. The van der Waals surface area contributed by atoms with Gasteiger partial charge < -0.3 is 5.32 Å². The number of nitrogens with zero attached hydrogens (tertiary/aromatic N) is 3. The Balaban J connectivity index is 2.08. The van der Waals surface area contributed by atoms with Crippen molar-refractivity contribution in [2.45, 2.75) is 19.9 Å². The van der Waals surface area contributed by atoms with Crippen LogP contribution in [0.15, 0.2) is 36.9 Å². The Labute approximate surface area is 105 Å². The molecule has 18 heavy (non-hydrogen) atoms. The molecule has 0 aliphatic heterocycles. The Hall–Kier alpha value is -2.30. The molecule has 5 heteroatoms. The number of rotatable bonds is 3. The Morgan fingerprint density at radius 2 is 2.00 bits per heavy atom. The molecule has 0 bridgehead atoms. The average molecular weight is 242 g/mol. The van der Waals surface area contributed by atoms with Crippen LogP contribution in [0.25, 0.3) is 0 Å². The summed E-state index contributed by atoms with van der Waals surface area (Å²) in [6.07, 6.45) is 4.79. The minimum Gasteiger partial charge on any atom is -0.344 e. The molecule has 0 aliphatic carbocycles. The molecule has 0 radical (unpaired) electrons. The first-order chi connectivity index (χ1) is 8.66. The second-order valence-corrected chi connectivity index (χ2v) is 4.02. The lowest BCUT2D eigenvalue weighted by Gasteiger charge is -2.13. The third-order valence-corrected chi connectivity index (χ3v) is 2.59. The molecule has 0 aromatic carbocycles. The normalized spacial score (nSPS) is 11.9. The molecule has 0 fully saturated rings. The molecule has 0 spiro atoms. The fraction of sp³-hybridized carbons (Fsp3) is 0.231. The third kappa shape index (κ3) is 2.88. The highest BCUT2D eigenvalue weighted by Crippen LogP contribution is 2.11. The van der Waals surface area contributed by atoms with Gasteiger partial charge in [-0.3, -0.25) is 9.78 Å². The van der Waals surface area contributed by atoms with Gasteiger partial charge in [0.15, 0.2) is 0 Å². The molecule has 0 aliphatic rings. The van der Waals surface area contributed by atoms with Gasteiger partial charge in [0.05, 0.1) is 6.04 Å². The van der Waals surface area contributed by atoms with Crippen molar-refractivity contribution in [1.82, 2.24) is 20.3 Å². The number of aryl methyl sites for hydroxylation is 1. The largest absolute Gasteiger partial charge is 0.344 e. The topological polar surface area (TPSA) is 67.8 Å². The van der Waals surface area contributed by atoms with Crippen LogP contribution in [0.2, 0.25) is 0 Å². The van der Waals surface area contributed by atoms with E-state index in [1.54, 1.807) is 18.5 Å². The number of nitrogens with one attached hydrogen (secondary N) is 1. The summed E-state index contributed by atoms with van der Waals surface area (Å²) in [5.74, 6) is -0.204. The van der Waals surface area contributed by atoms with Crippen molar-refractivity contribution in [2.24, 2.45) is 0 Å². The van der Waals surface area contributed by atoms with Gasteiger partial charge in [-0.2, -0.15) is 0 Å². The van der Waals surface area contributed by atoms with E-state index in [1.807, 2.05) is 26.0 Å². The molecule has 1 atom stereocenters. The summed E-state index contributed by atoms with van der Waals surface area (Å²) >= 11 is 0. The molecule has 1 amide bonds. The van der Waals surface area contributed by atoms with Crippen LogP contribution < -0.4 is 5.32 Å². The van der Waals surface area contributed by atoms with E-state index in [2.05, 4.69) is 20.3 Å². The SMILES string of the molecule is Cc1cc(C(=O)N[C@H](C)c2ccncc2)ncn1. The first kappa shape index (κ1) is 12.2. The fourth-order valence-electron chi connectivity index (χ4n) is 1.58. The number of amides is 1. The standard InChI is InChI=1S/C13H14N4O/c1-9-7-12(16-8-15-9)13(18)17-10(2)11-3-5-14-6-4-11/h3-8,10H,1-2H3,(H,17,18)/t10-/m1/s1. The summed E-state index contributed by atoms with van der Waals surface area (Å²) in [4.78, 5) is 23.8. The van der Waals surface area contributed by atoms with Crippen LogP contribution >= 0.6 is 0 Å². The first-order valence-corrected chi connectivity index (χ1v) is 5.66. The second-order valence-electron chi connectivity index (χ2n) is 4.02. The number of aromatic nitrogens is 3. The predicted octanol–water partition coefficient (Wildman–Crippen LogP) is 1.67. The monoisotopic (exact) mass is 242 g/mol. The first-order valence-electron chi connectivity index (χ1n) is 5.66. The lowest BCUT2D eigenvalue weighted by atomic mass is 10.1. The van der Waals surface area contributed by atoms with E-state index in [1.165, 1.54) is 6.33 Å². The van der Waals surface area contributed by atoms with Gasteiger partial charge in [0.25, 0.3) is 5.91 Å². The highest BCUT2D eigenvalue weighted by atomic mass is 16.1. The molecular weight excluding hydrogens is 228 g/mol. The molecule has 92 valence electrons. The van der Waals surface area contributed by atoms with E-state index < -0.39 is 0 Å². The van der Waals surface area contributed by atoms with E-state index in [9.17, 15) is 4.79 Å². The van der Waals surface area contributed by atoms with Crippen molar-refractivity contribution in [3.63, 3.8) is 0 Å². The van der Waals surface area contributed by atoms with Crippen LogP contribution in [0.5, 0.6) is 0 Å². The van der Waals surface area contributed by atoms with Crippen LogP contribution in [0.3, 0.4) is 0 Å². The maximum Gasteiger partial charge on any atom is 0.270 e. The summed E-state index contributed by atoms with van der Waals surface area (Å²) in [6, 6.07) is 5.32. The van der Waals surface area contributed by atoms with Gasteiger partial charge in [-0.05, 0) is 37.6 Å². The van der Waals surface area contributed by atoms with Crippen molar-refractivity contribution < 1.29 is 4.79 Å². The summed E-state index contributed by atoms with van der Waals surface area (Å²) in [5.41, 5.74) is 2.15. The van der Waals surface area contributed by atoms with Crippen LogP contribution in [0.1, 0.15) is 34.7 Å². The van der Waals surface area contributed by atoms with Gasteiger partial charge in [-0.25, -0.2) is 9.97 Å². The van der Waals surface area contributed by atoms with Gasteiger partial charge in [0, 0.05) is 18.1 Å². The maximum atomic E-state index is 12.0. The molecule has 0 unspecified atom stereocenters. The van der Waals surface area contributed by atoms with E-state index in [0.29, 0.717) is 5.69 Å². The smallest absolute Gasteiger partial charge is 0.270 e. The van der Waals surface area contributed by atoms with Crippen molar-refractivity contribution in [3.8, 4) is 0 Å². The Morgan fingerprint density at radius 1 is 1.28 bits per heavy atom. The van der Waals surface area contributed by atoms with Crippen molar-refractivity contribution in [1.29, 1.82) is 0 Å². The number of carbonyl (C=O) groups excluding carboxylic acids is 1. The minimum atomic E-state index is -0.204. The highest BCUT2D eigenvalue weighted by Gasteiger charge is 2.12. The van der Waals surface area contributed by atoms with Crippen LogP contribution in [0, 0.1) is 6.92 Å². The molecule has 1 N–H and O–H groups in total. The zero-order chi connectivity index (χ0) is 13.0. The summed E-state index contributed by atoms with van der Waals surface area (Å²) in [5, 5.41) is 2.88. The van der Waals surface area contributed by atoms with Gasteiger partial charge in [0.2, 0.25) is 0 Å². The fourth-order valence-corrected chi connectivity index (χ4v) is 1.58. The van der Waals surface area contributed by atoms with E-state index in [0.717, 1.165) is 11.3 Å². The molecule has 0 saturated heterocycles. The van der Waals surface area contributed by atoms with Crippen molar-refractivity contribution in [2.75, 3.05) is 0 Å². The predicted molar refractivity (Wildman–Crippen MR) is 66.9 cm³/mol. The average Bonchev–Trinajstić information content (AvgIpc) is 2.39. The molecule has 2 aromatic rings. The Bertz CT molecular complexity index is 542. The van der Waals surface area contributed by atoms with Crippen LogP contribution in [-0.4, -0.2) is 20.9 Å². The van der Waals surface area contributed by atoms with E-state index in [-0.39, 0.29) is 11.9 Å².